The molecule has 0 aliphatic rings. The molecule has 2 heterocycles. The fourth-order valence-corrected chi connectivity index (χ4v) is 1.42. The number of halogens is 1. The Bertz CT molecular complexity index is 448. The molecule has 0 unspecified atom stereocenters. The first-order chi connectivity index (χ1) is 7.18. The van der Waals surface area contributed by atoms with Crippen LogP contribution in [0.1, 0.15) is 25.6 Å². The van der Waals surface area contributed by atoms with Crippen molar-refractivity contribution in [2.75, 3.05) is 0 Å². The Labute approximate surface area is 95.7 Å². The molecule has 6 heteroatoms. The van der Waals surface area contributed by atoms with E-state index in [4.69, 9.17) is 0 Å². The van der Waals surface area contributed by atoms with Gasteiger partial charge in [-0.2, -0.15) is 9.78 Å². The first kappa shape index (κ1) is 10.2. The molecule has 0 saturated heterocycles. The van der Waals surface area contributed by atoms with Gasteiger partial charge in [-0.25, -0.2) is 15.0 Å². The molecule has 15 heavy (non-hydrogen) atoms. The summed E-state index contributed by atoms with van der Waals surface area (Å²) >= 11 is 3.29. The molecule has 5 nitrogen and oxygen atoms in total. The smallest absolute Gasteiger partial charge is 0.219 e. The van der Waals surface area contributed by atoms with Crippen LogP contribution in [-0.4, -0.2) is 24.7 Å². The molecule has 0 radical (unpaired) electrons. The largest absolute Gasteiger partial charge is 0.252 e. The van der Waals surface area contributed by atoms with Crippen LogP contribution in [0.15, 0.2) is 23.2 Å². The molecule has 78 valence electrons. The van der Waals surface area contributed by atoms with E-state index in [1.807, 2.05) is 0 Å². The Morgan fingerprint density at radius 1 is 1.20 bits per heavy atom. The molecule has 0 amide bonds. The van der Waals surface area contributed by atoms with Gasteiger partial charge in [-0.3, -0.25) is 0 Å². The highest BCUT2D eigenvalue weighted by molar-refractivity contribution is 9.10. The van der Waals surface area contributed by atoms with Crippen LogP contribution in [0.25, 0.3) is 5.95 Å². The molecule has 0 aliphatic heterocycles. The lowest BCUT2D eigenvalue weighted by atomic mass is 10.2. The number of hydrogen-bond donors (Lipinski definition) is 0. The van der Waals surface area contributed by atoms with E-state index in [1.165, 1.54) is 6.33 Å². The van der Waals surface area contributed by atoms with Crippen molar-refractivity contribution in [1.29, 1.82) is 0 Å². The zero-order valence-corrected chi connectivity index (χ0v) is 10.0. The molecule has 2 aromatic rings. The van der Waals surface area contributed by atoms with Gasteiger partial charge in [0.2, 0.25) is 0 Å². The normalized spacial score (nSPS) is 10.9. The van der Waals surface area contributed by atoms with Crippen molar-refractivity contribution in [2.24, 2.45) is 0 Å². The van der Waals surface area contributed by atoms with Crippen molar-refractivity contribution in [3.8, 4) is 5.95 Å². The lowest BCUT2D eigenvalue weighted by Gasteiger charge is -2.05. The minimum atomic E-state index is 0.291. The summed E-state index contributed by atoms with van der Waals surface area (Å²) in [4.78, 5) is 12.5. The Balaban J connectivity index is 2.45. The molecule has 0 aliphatic carbocycles. The van der Waals surface area contributed by atoms with Gasteiger partial charge >= 0.3 is 0 Å². The third-order valence-corrected chi connectivity index (χ3v) is 2.30. The molecule has 0 spiro atoms. The lowest BCUT2D eigenvalue weighted by molar-refractivity contribution is 0.687. The molecule has 0 saturated carbocycles. The second-order valence-corrected chi connectivity index (χ2v) is 4.30. The maximum absolute atomic E-state index is 4.17. The van der Waals surface area contributed by atoms with Crippen molar-refractivity contribution in [1.82, 2.24) is 24.7 Å². The van der Waals surface area contributed by atoms with Crippen molar-refractivity contribution in [2.45, 2.75) is 19.8 Å². The molecule has 0 bridgehead atoms. The number of aromatic nitrogens is 5. The van der Waals surface area contributed by atoms with Gasteiger partial charge in [-0.15, -0.1) is 0 Å². The minimum Gasteiger partial charge on any atom is -0.219 e. The fourth-order valence-electron chi connectivity index (χ4n) is 1.21. The third kappa shape index (κ3) is 2.04. The number of nitrogens with zero attached hydrogens (tertiary/aromatic N) is 5. The standard InChI is InChI=1S/C9H10BrN5/c1-6(2)8-13-5-14-15(8)9-11-3-7(10)4-12-9/h3-6H,1-2H3. The van der Waals surface area contributed by atoms with Crippen LogP contribution >= 0.6 is 15.9 Å². The number of hydrogen-bond acceptors (Lipinski definition) is 4. The topological polar surface area (TPSA) is 56.5 Å². The molecule has 0 fully saturated rings. The quantitative estimate of drug-likeness (QED) is 0.835. The Kier molecular flexibility index (Phi) is 2.77. The Hall–Kier alpha value is -1.30. The van der Waals surface area contributed by atoms with Gasteiger partial charge in [0.05, 0.1) is 4.47 Å². The van der Waals surface area contributed by atoms with Gasteiger partial charge in [0.15, 0.2) is 0 Å². The summed E-state index contributed by atoms with van der Waals surface area (Å²) in [6, 6.07) is 0. The summed E-state index contributed by atoms with van der Waals surface area (Å²) in [6.07, 6.45) is 4.89. The lowest BCUT2D eigenvalue weighted by Crippen LogP contribution is -2.08. The predicted octanol–water partition coefficient (Wildman–Crippen LogP) is 1.94. The summed E-state index contributed by atoms with van der Waals surface area (Å²) in [7, 11) is 0. The molecule has 0 atom stereocenters. The van der Waals surface area contributed by atoms with E-state index in [-0.39, 0.29) is 0 Å². The predicted molar refractivity (Wildman–Crippen MR) is 58.7 cm³/mol. The maximum atomic E-state index is 4.17. The van der Waals surface area contributed by atoms with Crippen LogP contribution in [0.5, 0.6) is 0 Å². The van der Waals surface area contributed by atoms with Crippen molar-refractivity contribution >= 4 is 15.9 Å². The molecule has 2 aromatic heterocycles. The Morgan fingerprint density at radius 2 is 1.87 bits per heavy atom. The van der Waals surface area contributed by atoms with Crippen LogP contribution in [0.2, 0.25) is 0 Å². The molecular formula is C9H10BrN5. The highest BCUT2D eigenvalue weighted by Crippen LogP contribution is 2.13. The van der Waals surface area contributed by atoms with E-state index < -0.39 is 0 Å². The fraction of sp³-hybridized carbons (Fsp3) is 0.333. The van der Waals surface area contributed by atoms with E-state index in [1.54, 1.807) is 17.1 Å². The van der Waals surface area contributed by atoms with Gasteiger partial charge in [0.1, 0.15) is 12.2 Å². The first-order valence-electron chi connectivity index (χ1n) is 4.56. The van der Waals surface area contributed by atoms with E-state index in [9.17, 15) is 0 Å². The van der Waals surface area contributed by atoms with Crippen LogP contribution in [0.4, 0.5) is 0 Å². The van der Waals surface area contributed by atoms with Gasteiger partial charge < -0.3 is 0 Å². The highest BCUT2D eigenvalue weighted by Gasteiger charge is 2.11. The van der Waals surface area contributed by atoms with Gasteiger partial charge in [-0.05, 0) is 15.9 Å². The van der Waals surface area contributed by atoms with E-state index >= 15 is 0 Å². The van der Waals surface area contributed by atoms with Gasteiger partial charge in [0, 0.05) is 18.3 Å². The Morgan fingerprint density at radius 3 is 2.47 bits per heavy atom. The van der Waals surface area contributed by atoms with E-state index in [0.717, 1.165) is 10.3 Å². The number of rotatable bonds is 2. The highest BCUT2D eigenvalue weighted by atomic mass is 79.9. The van der Waals surface area contributed by atoms with Crippen LogP contribution in [-0.2, 0) is 0 Å². The zero-order valence-electron chi connectivity index (χ0n) is 8.42. The average molecular weight is 268 g/mol. The summed E-state index contributed by atoms with van der Waals surface area (Å²) < 4.78 is 2.49. The third-order valence-electron chi connectivity index (χ3n) is 1.89. The zero-order chi connectivity index (χ0) is 10.8. The second-order valence-electron chi connectivity index (χ2n) is 3.39. The van der Waals surface area contributed by atoms with Crippen LogP contribution in [0.3, 0.4) is 0 Å². The van der Waals surface area contributed by atoms with Crippen molar-refractivity contribution in [3.05, 3.63) is 29.0 Å². The minimum absolute atomic E-state index is 0.291. The van der Waals surface area contributed by atoms with Gasteiger partial charge in [-0.1, -0.05) is 13.8 Å². The molecule has 2 rings (SSSR count). The van der Waals surface area contributed by atoms with E-state index in [0.29, 0.717) is 11.9 Å². The molecule has 0 N–H and O–H groups in total. The van der Waals surface area contributed by atoms with Crippen LogP contribution < -0.4 is 0 Å². The maximum Gasteiger partial charge on any atom is 0.252 e. The van der Waals surface area contributed by atoms with Crippen molar-refractivity contribution in [3.63, 3.8) is 0 Å². The first-order valence-corrected chi connectivity index (χ1v) is 5.35. The SMILES string of the molecule is CC(C)c1ncnn1-c1ncc(Br)cn1. The average Bonchev–Trinajstić information content (AvgIpc) is 2.67. The summed E-state index contributed by atoms with van der Waals surface area (Å²) in [5.74, 6) is 1.69. The summed E-state index contributed by atoms with van der Waals surface area (Å²) in [5, 5.41) is 4.10. The summed E-state index contributed by atoms with van der Waals surface area (Å²) in [5.41, 5.74) is 0. The van der Waals surface area contributed by atoms with Crippen LogP contribution in [0, 0.1) is 0 Å². The van der Waals surface area contributed by atoms with Crippen molar-refractivity contribution < 1.29 is 0 Å². The monoisotopic (exact) mass is 267 g/mol. The molecular weight excluding hydrogens is 258 g/mol. The second kappa shape index (κ2) is 4.06. The summed E-state index contributed by atoms with van der Waals surface area (Å²) in [6.45, 7) is 4.11. The van der Waals surface area contributed by atoms with Gasteiger partial charge in [0.25, 0.3) is 5.95 Å². The molecule has 0 aromatic carbocycles. The van der Waals surface area contributed by atoms with E-state index in [2.05, 4.69) is 49.8 Å².